The molecule has 6 nitrogen and oxygen atoms in total. The monoisotopic (exact) mass is 274 g/mol. The number of para-hydroxylation sites is 2. The number of carbonyl (C=O) groups is 1. The summed E-state index contributed by atoms with van der Waals surface area (Å²) in [4.78, 5) is 16.7. The summed E-state index contributed by atoms with van der Waals surface area (Å²) in [6.45, 7) is 4.67. The van der Waals surface area contributed by atoms with E-state index in [1.165, 1.54) is 0 Å². The smallest absolute Gasteiger partial charge is 0.257 e. The van der Waals surface area contributed by atoms with Gasteiger partial charge in [-0.15, -0.1) is 0 Å². The molecule has 0 unspecified atom stereocenters. The molecule has 20 heavy (non-hydrogen) atoms. The van der Waals surface area contributed by atoms with Gasteiger partial charge in [-0.2, -0.15) is 0 Å². The third-order valence-electron chi connectivity index (χ3n) is 3.43. The summed E-state index contributed by atoms with van der Waals surface area (Å²) in [7, 11) is 0. The van der Waals surface area contributed by atoms with Gasteiger partial charge in [-0.05, 0) is 19.1 Å². The normalized spacial score (nSPS) is 19.1. The molecule has 106 valence electrons. The van der Waals surface area contributed by atoms with E-state index in [1.807, 2.05) is 35.8 Å². The highest BCUT2D eigenvalue weighted by Gasteiger charge is 2.23. The third-order valence-corrected chi connectivity index (χ3v) is 3.43. The Balaban J connectivity index is 1.84. The first-order chi connectivity index (χ1) is 9.79. The summed E-state index contributed by atoms with van der Waals surface area (Å²) >= 11 is 0. The first-order valence-corrected chi connectivity index (χ1v) is 6.88. The lowest BCUT2D eigenvalue weighted by atomic mass is 10.3. The van der Waals surface area contributed by atoms with E-state index >= 15 is 0 Å². The number of nitrogens with one attached hydrogen (secondary N) is 2. The highest BCUT2D eigenvalue weighted by atomic mass is 16.5. The predicted octanol–water partition coefficient (Wildman–Crippen LogP) is 0.983. The number of amides is 1. The number of fused-ring (bicyclic) bond motifs is 1. The Morgan fingerprint density at radius 1 is 1.55 bits per heavy atom. The molecule has 6 heteroatoms. The molecule has 3 rings (SSSR count). The minimum absolute atomic E-state index is 0.151. The van der Waals surface area contributed by atoms with Crippen LogP contribution in [0.3, 0.4) is 0 Å². The van der Waals surface area contributed by atoms with Gasteiger partial charge < -0.3 is 14.6 Å². The molecule has 1 aromatic carbocycles. The van der Waals surface area contributed by atoms with Crippen molar-refractivity contribution in [2.45, 2.75) is 19.6 Å². The van der Waals surface area contributed by atoms with Gasteiger partial charge >= 0.3 is 0 Å². The van der Waals surface area contributed by atoms with Crippen molar-refractivity contribution in [1.82, 2.24) is 14.9 Å². The van der Waals surface area contributed by atoms with Crippen molar-refractivity contribution in [3.8, 4) is 0 Å². The first kappa shape index (κ1) is 13.1. The lowest BCUT2D eigenvalue weighted by molar-refractivity contribution is -0.128. The summed E-state index contributed by atoms with van der Waals surface area (Å²) < 4.78 is 7.44. The van der Waals surface area contributed by atoms with Crippen LogP contribution in [0.2, 0.25) is 0 Å². The highest BCUT2D eigenvalue weighted by molar-refractivity contribution is 5.94. The molecular formula is C14H18N4O2. The zero-order valence-electron chi connectivity index (χ0n) is 11.4. The number of hydrogen-bond acceptors (Lipinski definition) is 4. The second-order valence-electron chi connectivity index (χ2n) is 4.72. The second kappa shape index (κ2) is 5.60. The van der Waals surface area contributed by atoms with Crippen LogP contribution in [0.15, 0.2) is 24.3 Å². The van der Waals surface area contributed by atoms with Gasteiger partial charge in [-0.25, -0.2) is 4.98 Å². The van der Waals surface area contributed by atoms with E-state index in [1.54, 1.807) is 0 Å². The Kier molecular flexibility index (Phi) is 3.66. The van der Waals surface area contributed by atoms with E-state index in [2.05, 4.69) is 15.6 Å². The van der Waals surface area contributed by atoms with Gasteiger partial charge in [0.25, 0.3) is 5.91 Å². The third kappa shape index (κ3) is 2.39. The number of anilines is 1. The maximum atomic E-state index is 12.2. The quantitative estimate of drug-likeness (QED) is 0.875. The summed E-state index contributed by atoms with van der Waals surface area (Å²) in [6, 6.07) is 7.85. The molecule has 0 saturated carbocycles. The van der Waals surface area contributed by atoms with E-state index in [-0.39, 0.29) is 5.91 Å². The second-order valence-corrected chi connectivity index (χ2v) is 4.72. The van der Waals surface area contributed by atoms with E-state index in [9.17, 15) is 4.79 Å². The largest absolute Gasteiger partial charge is 0.366 e. The molecule has 1 aromatic heterocycles. The number of imidazole rings is 1. The number of benzene rings is 1. The topological polar surface area (TPSA) is 68.2 Å². The maximum absolute atomic E-state index is 12.2. The molecule has 1 atom stereocenters. The summed E-state index contributed by atoms with van der Waals surface area (Å²) in [5.74, 6) is 0.426. The molecule has 0 aliphatic carbocycles. The van der Waals surface area contributed by atoms with Crippen LogP contribution in [0.5, 0.6) is 0 Å². The van der Waals surface area contributed by atoms with Crippen molar-refractivity contribution in [3.05, 3.63) is 24.3 Å². The Morgan fingerprint density at radius 2 is 2.40 bits per heavy atom. The van der Waals surface area contributed by atoms with E-state index in [4.69, 9.17) is 4.74 Å². The fraction of sp³-hybridized carbons (Fsp3) is 0.429. The molecule has 1 aliphatic heterocycles. The van der Waals surface area contributed by atoms with Crippen LogP contribution in [0, 0.1) is 0 Å². The Bertz CT molecular complexity index is 617. The molecule has 2 aromatic rings. The van der Waals surface area contributed by atoms with E-state index in [0.29, 0.717) is 19.1 Å². The number of carbonyl (C=O) groups excluding carboxylic acids is 1. The van der Waals surface area contributed by atoms with E-state index in [0.717, 1.165) is 24.1 Å². The minimum Gasteiger partial charge on any atom is -0.366 e. The maximum Gasteiger partial charge on any atom is 0.257 e. The molecular weight excluding hydrogens is 256 g/mol. The van der Waals surface area contributed by atoms with Crippen LogP contribution in [0.1, 0.15) is 6.92 Å². The molecule has 0 spiro atoms. The molecule has 2 heterocycles. The number of morpholine rings is 1. The fourth-order valence-electron chi connectivity index (χ4n) is 2.42. The van der Waals surface area contributed by atoms with Gasteiger partial charge in [0.1, 0.15) is 6.10 Å². The molecule has 1 fully saturated rings. The van der Waals surface area contributed by atoms with Crippen molar-refractivity contribution in [2.24, 2.45) is 0 Å². The van der Waals surface area contributed by atoms with Crippen LogP contribution in [0.4, 0.5) is 5.95 Å². The Labute approximate surface area is 117 Å². The van der Waals surface area contributed by atoms with Crippen molar-refractivity contribution < 1.29 is 9.53 Å². The summed E-state index contributed by atoms with van der Waals surface area (Å²) in [6.07, 6.45) is -0.450. The lowest BCUT2D eigenvalue weighted by Gasteiger charge is -2.22. The van der Waals surface area contributed by atoms with Crippen LogP contribution < -0.4 is 10.6 Å². The molecule has 1 amide bonds. The van der Waals surface area contributed by atoms with Crippen LogP contribution in [-0.2, 0) is 16.1 Å². The fourth-order valence-corrected chi connectivity index (χ4v) is 2.42. The van der Waals surface area contributed by atoms with Gasteiger partial charge in [0.2, 0.25) is 5.95 Å². The number of ether oxygens (including phenoxy) is 1. The summed E-state index contributed by atoms with van der Waals surface area (Å²) in [5, 5.41) is 6.01. The number of aryl methyl sites for hydroxylation is 1. The molecule has 0 radical (unpaired) electrons. The van der Waals surface area contributed by atoms with Crippen molar-refractivity contribution in [3.63, 3.8) is 0 Å². The molecule has 1 aliphatic rings. The molecule has 2 N–H and O–H groups in total. The highest BCUT2D eigenvalue weighted by Crippen LogP contribution is 2.19. The minimum atomic E-state index is -0.450. The van der Waals surface area contributed by atoms with Gasteiger partial charge in [0.15, 0.2) is 0 Å². The predicted molar refractivity (Wildman–Crippen MR) is 76.6 cm³/mol. The van der Waals surface area contributed by atoms with Crippen molar-refractivity contribution in [2.75, 3.05) is 25.0 Å². The zero-order chi connectivity index (χ0) is 13.9. The first-order valence-electron chi connectivity index (χ1n) is 6.88. The molecule has 1 saturated heterocycles. The Hall–Kier alpha value is -1.92. The van der Waals surface area contributed by atoms with Crippen molar-refractivity contribution in [1.29, 1.82) is 0 Å². The Morgan fingerprint density at radius 3 is 3.15 bits per heavy atom. The number of aromatic nitrogens is 2. The standard InChI is InChI=1S/C14H18N4O2/c1-2-18-11-6-4-3-5-10(11)16-14(18)17-13(19)12-9-15-7-8-20-12/h3-6,12,15H,2,7-9H2,1H3,(H,16,17,19)/t12-/m1/s1. The number of rotatable bonds is 3. The number of nitrogens with zero attached hydrogens (tertiary/aromatic N) is 2. The van der Waals surface area contributed by atoms with Crippen LogP contribution in [-0.4, -0.2) is 41.3 Å². The van der Waals surface area contributed by atoms with Gasteiger partial charge in [0.05, 0.1) is 17.6 Å². The summed E-state index contributed by atoms with van der Waals surface area (Å²) in [5.41, 5.74) is 1.90. The zero-order valence-corrected chi connectivity index (χ0v) is 11.4. The van der Waals surface area contributed by atoms with E-state index < -0.39 is 6.10 Å². The lowest BCUT2D eigenvalue weighted by Crippen LogP contribution is -2.45. The van der Waals surface area contributed by atoms with Crippen LogP contribution >= 0.6 is 0 Å². The average molecular weight is 274 g/mol. The van der Waals surface area contributed by atoms with Gasteiger partial charge in [0, 0.05) is 19.6 Å². The SMILES string of the molecule is CCn1c(NC(=O)[C@H]2CNCCO2)nc2ccccc21. The average Bonchev–Trinajstić information content (AvgIpc) is 2.85. The van der Waals surface area contributed by atoms with Gasteiger partial charge in [-0.3, -0.25) is 10.1 Å². The van der Waals surface area contributed by atoms with Crippen molar-refractivity contribution >= 4 is 22.9 Å². The number of hydrogen-bond donors (Lipinski definition) is 2. The van der Waals surface area contributed by atoms with Crippen LogP contribution in [0.25, 0.3) is 11.0 Å². The molecule has 0 bridgehead atoms. The van der Waals surface area contributed by atoms with Gasteiger partial charge in [-0.1, -0.05) is 12.1 Å².